The zero-order valence-electron chi connectivity index (χ0n) is 13.8. The molecule has 0 bridgehead atoms. The van der Waals surface area contributed by atoms with Crippen LogP contribution in [0.1, 0.15) is 38.7 Å². The van der Waals surface area contributed by atoms with E-state index >= 15 is 0 Å². The molecule has 1 saturated heterocycles. The third-order valence-corrected chi connectivity index (χ3v) is 4.50. The lowest BCUT2D eigenvalue weighted by atomic mass is 10.1. The van der Waals surface area contributed by atoms with Crippen LogP contribution < -0.4 is 10.1 Å². The Labute approximate surface area is 129 Å². The monoisotopic (exact) mass is 290 g/mol. The molecule has 1 unspecified atom stereocenters. The molecular weight excluding hydrogens is 260 g/mol. The Hall–Kier alpha value is -1.06. The maximum atomic E-state index is 5.19. The van der Waals surface area contributed by atoms with Crippen LogP contribution in [-0.2, 0) is 6.42 Å². The normalized spacial score (nSPS) is 20.5. The standard InChI is InChI=1S/C18H30N2O/c1-15(2)20-13-4-5-17(11-14-20)19-12-10-16-6-8-18(21-3)9-7-16/h6-9,15,17,19H,4-5,10-14H2,1-3H3. The fourth-order valence-corrected chi connectivity index (χ4v) is 3.05. The Morgan fingerprint density at radius 1 is 1.19 bits per heavy atom. The van der Waals surface area contributed by atoms with Crippen molar-refractivity contribution in [3.05, 3.63) is 29.8 Å². The molecule has 1 aliphatic heterocycles. The summed E-state index contributed by atoms with van der Waals surface area (Å²) in [5.74, 6) is 0.934. The number of ether oxygens (including phenoxy) is 1. The number of methoxy groups -OCH3 is 1. The summed E-state index contributed by atoms with van der Waals surface area (Å²) >= 11 is 0. The van der Waals surface area contributed by atoms with Crippen LogP contribution in [-0.4, -0.2) is 43.7 Å². The lowest BCUT2D eigenvalue weighted by molar-refractivity contribution is 0.229. The van der Waals surface area contributed by atoms with Gasteiger partial charge in [-0.25, -0.2) is 0 Å². The van der Waals surface area contributed by atoms with Gasteiger partial charge < -0.3 is 15.0 Å². The Morgan fingerprint density at radius 3 is 2.62 bits per heavy atom. The molecule has 0 spiro atoms. The van der Waals surface area contributed by atoms with Gasteiger partial charge in [-0.05, 0) is 76.9 Å². The van der Waals surface area contributed by atoms with Crippen LogP contribution in [0.5, 0.6) is 5.75 Å². The number of benzene rings is 1. The van der Waals surface area contributed by atoms with Gasteiger partial charge in [0, 0.05) is 12.1 Å². The van der Waals surface area contributed by atoms with E-state index in [4.69, 9.17) is 4.74 Å². The molecule has 0 amide bonds. The number of nitrogens with zero attached hydrogens (tertiary/aromatic N) is 1. The van der Waals surface area contributed by atoms with E-state index in [1.807, 2.05) is 12.1 Å². The van der Waals surface area contributed by atoms with Crippen molar-refractivity contribution in [3.63, 3.8) is 0 Å². The molecule has 3 nitrogen and oxygen atoms in total. The lowest BCUT2D eigenvalue weighted by Gasteiger charge is -2.24. The summed E-state index contributed by atoms with van der Waals surface area (Å²) in [6, 6.07) is 9.78. The number of likely N-dealkylation sites (tertiary alicyclic amines) is 1. The smallest absolute Gasteiger partial charge is 0.118 e. The van der Waals surface area contributed by atoms with E-state index in [1.54, 1.807) is 7.11 Å². The molecule has 0 radical (unpaired) electrons. The third kappa shape index (κ3) is 5.33. The van der Waals surface area contributed by atoms with E-state index < -0.39 is 0 Å². The Bertz CT molecular complexity index is 402. The lowest BCUT2D eigenvalue weighted by Crippen LogP contribution is -2.34. The van der Waals surface area contributed by atoms with Crippen molar-refractivity contribution in [1.29, 1.82) is 0 Å². The first kappa shape index (κ1) is 16.3. The second-order valence-corrected chi connectivity index (χ2v) is 6.31. The molecule has 1 fully saturated rings. The summed E-state index contributed by atoms with van der Waals surface area (Å²) < 4.78 is 5.19. The summed E-state index contributed by atoms with van der Waals surface area (Å²) in [6.07, 6.45) is 5.00. The molecule has 0 aliphatic carbocycles. The van der Waals surface area contributed by atoms with E-state index in [-0.39, 0.29) is 0 Å². The fourth-order valence-electron chi connectivity index (χ4n) is 3.05. The summed E-state index contributed by atoms with van der Waals surface area (Å²) in [5.41, 5.74) is 1.38. The zero-order valence-corrected chi connectivity index (χ0v) is 13.8. The van der Waals surface area contributed by atoms with Gasteiger partial charge in [0.15, 0.2) is 0 Å². The predicted molar refractivity (Wildman–Crippen MR) is 89.0 cm³/mol. The van der Waals surface area contributed by atoms with Crippen molar-refractivity contribution in [1.82, 2.24) is 10.2 Å². The van der Waals surface area contributed by atoms with E-state index in [9.17, 15) is 0 Å². The van der Waals surface area contributed by atoms with E-state index in [1.165, 1.54) is 37.9 Å². The number of nitrogens with one attached hydrogen (secondary N) is 1. The van der Waals surface area contributed by atoms with Crippen LogP contribution in [0.2, 0.25) is 0 Å². The summed E-state index contributed by atoms with van der Waals surface area (Å²) in [7, 11) is 1.71. The molecule has 0 aromatic heterocycles. The Morgan fingerprint density at radius 2 is 1.95 bits per heavy atom. The van der Waals surface area contributed by atoms with Gasteiger partial charge in [-0.2, -0.15) is 0 Å². The summed E-state index contributed by atoms with van der Waals surface area (Å²) in [5, 5.41) is 3.74. The Balaban J connectivity index is 1.70. The molecule has 1 N–H and O–H groups in total. The van der Waals surface area contributed by atoms with Crippen LogP contribution in [0.25, 0.3) is 0 Å². The molecule has 1 heterocycles. The van der Waals surface area contributed by atoms with Gasteiger partial charge >= 0.3 is 0 Å². The van der Waals surface area contributed by atoms with Crippen LogP contribution in [0.4, 0.5) is 0 Å². The van der Waals surface area contributed by atoms with Crippen LogP contribution >= 0.6 is 0 Å². The minimum absolute atomic E-state index is 0.683. The number of hydrogen-bond donors (Lipinski definition) is 1. The first-order valence-corrected chi connectivity index (χ1v) is 8.29. The van der Waals surface area contributed by atoms with Gasteiger partial charge in [0.05, 0.1) is 7.11 Å². The fraction of sp³-hybridized carbons (Fsp3) is 0.667. The van der Waals surface area contributed by atoms with Gasteiger partial charge in [0.25, 0.3) is 0 Å². The van der Waals surface area contributed by atoms with E-state index in [2.05, 4.69) is 36.2 Å². The van der Waals surface area contributed by atoms with Crippen molar-refractivity contribution in [3.8, 4) is 5.75 Å². The first-order valence-electron chi connectivity index (χ1n) is 8.29. The van der Waals surface area contributed by atoms with E-state index in [0.29, 0.717) is 12.1 Å². The average Bonchev–Trinajstić information content (AvgIpc) is 2.74. The minimum Gasteiger partial charge on any atom is -0.497 e. The second-order valence-electron chi connectivity index (χ2n) is 6.31. The van der Waals surface area contributed by atoms with Crippen LogP contribution in [0.15, 0.2) is 24.3 Å². The summed E-state index contributed by atoms with van der Waals surface area (Å²) in [4.78, 5) is 2.60. The first-order chi connectivity index (χ1) is 10.2. The molecular formula is C18H30N2O. The molecule has 21 heavy (non-hydrogen) atoms. The summed E-state index contributed by atoms with van der Waals surface area (Å²) in [6.45, 7) is 8.17. The largest absolute Gasteiger partial charge is 0.497 e. The van der Waals surface area contributed by atoms with Crippen LogP contribution in [0.3, 0.4) is 0 Å². The number of rotatable bonds is 6. The SMILES string of the molecule is COc1ccc(CCNC2CCCN(C(C)C)CC2)cc1. The van der Waals surface area contributed by atoms with Crippen molar-refractivity contribution in [2.45, 2.75) is 51.6 Å². The van der Waals surface area contributed by atoms with Crippen molar-refractivity contribution < 1.29 is 4.74 Å². The van der Waals surface area contributed by atoms with E-state index in [0.717, 1.165) is 18.7 Å². The molecule has 1 aromatic carbocycles. The highest BCUT2D eigenvalue weighted by Gasteiger charge is 2.17. The van der Waals surface area contributed by atoms with Gasteiger partial charge in [-0.1, -0.05) is 12.1 Å². The molecule has 1 atom stereocenters. The molecule has 0 saturated carbocycles. The Kier molecular flexibility index (Phi) is 6.52. The maximum Gasteiger partial charge on any atom is 0.118 e. The number of hydrogen-bond acceptors (Lipinski definition) is 3. The molecule has 1 aromatic rings. The molecule has 1 aliphatic rings. The average molecular weight is 290 g/mol. The topological polar surface area (TPSA) is 24.5 Å². The minimum atomic E-state index is 0.683. The van der Waals surface area contributed by atoms with Gasteiger partial charge in [0.1, 0.15) is 5.75 Å². The van der Waals surface area contributed by atoms with Crippen molar-refractivity contribution >= 4 is 0 Å². The third-order valence-electron chi connectivity index (χ3n) is 4.50. The zero-order chi connectivity index (χ0) is 15.1. The predicted octanol–water partition coefficient (Wildman–Crippen LogP) is 3.09. The molecule has 3 heteroatoms. The molecule has 2 rings (SSSR count). The quantitative estimate of drug-likeness (QED) is 0.871. The van der Waals surface area contributed by atoms with Crippen molar-refractivity contribution in [2.24, 2.45) is 0 Å². The van der Waals surface area contributed by atoms with Crippen LogP contribution in [0, 0.1) is 0 Å². The van der Waals surface area contributed by atoms with Crippen molar-refractivity contribution in [2.75, 3.05) is 26.7 Å². The van der Waals surface area contributed by atoms with Gasteiger partial charge in [-0.3, -0.25) is 0 Å². The van der Waals surface area contributed by atoms with Gasteiger partial charge in [-0.15, -0.1) is 0 Å². The highest BCUT2D eigenvalue weighted by molar-refractivity contribution is 5.27. The highest BCUT2D eigenvalue weighted by Crippen LogP contribution is 2.14. The molecule has 118 valence electrons. The second kappa shape index (κ2) is 8.40. The highest BCUT2D eigenvalue weighted by atomic mass is 16.5. The maximum absolute atomic E-state index is 5.19. The van der Waals surface area contributed by atoms with Gasteiger partial charge in [0.2, 0.25) is 0 Å².